The molecule has 0 radical (unpaired) electrons. The number of aromatic nitrogens is 2. The first-order valence-electron chi connectivity index (χ1n) is 11.5. The molecule has 31 heavy (non-hydrogen) atoms. The largest absolute Gasteiger partial charge is 0.332 e. The van der Waals surface area contributed by atoms with E-state index in [1.807, 2.05) is 4.90 Å². The first-order chi connectivity index (χ1) is 15.2. The molecule has 1 fully saturated rings. The number of nitrogens with one attached hydrogen (secondary N) is 1. The molecule has 1 N–H and O–H groups in total. The number of piperidine rings is 1. The average molecular weight is 439 g/mol. The number of hydrogen-bond donors (Lipinski definition) is 1. The Labute approximate surface area is 187 Å². The van der Waals surface area contributed by atoms with E-state index in [2.05, 4.69) is 39.5 Å². The van der Waals surface area contributed by atoms with Gasteiger partial charge in [0.1, 0.15) is 5.82 Å². The van der Waals surface area contributed by atoms with Crippen molar-refractivity contribution in [2.45, 2.75) is 64.1 Å². The molecule has 3 aliphatic rings. The van der Waals surface area contributed by atoms with Crippen molar-refractivity contribution in [2.75, 3.05) is 13.1 Å². The summed E-state index contributed by atoms with van der Waals surface area (Å²) in [6.45, 7) is 3.21. The number of rotatable bonds is 5. The molecule has 0 saturated carbocycles. The van der Waals surface area contributed by atoms with Gasteiger partial charge in [0, 0.05) is 43.0 Å². The molecule has 1 saturated heterocycles. The zero-order chi connectivity index (χ0) is 21.2. The van der Waals surface area contributed by atoms with Gasteiger partial charge in [-0.25, -0.2) is 4.98 Å². The number of carbonyl (C=O) groups excluding carboxylic acids is 1. The molecular formula is C24H30N4O2S. The van der Waals surface area contributed by atoms with Gasteiger partial charge in [-0.3, -0.25) is 14.5 Å². The summed E-state index contributed by atoms with van der Waals surface area (Å²) in [6.07, 6.45) is 10.7. The summed E-state index contributed by atoms with van der Waals surface area (Å²) >= 11 is 1.76. The molecule has 2 aromatic rings. The lowest BCUT2D eigenvalue weighted by molar-refractivity contribution is -0.136. The van der Waals surface area contributed by atoms with E-state index in [1.54, 1.807) is 11.3 Å². The van der Waals surface area contributed by atoms with Crippen molar-refractivity contribution >= 4 is 17.2 Å². The summed E-state index contributed by atoms with van der Waals surface area (Å²) in [5, 5.41) is 2.10. The number of nitrogens with zero attached hydrogens (tertiary/aromatic N) is 3. The number of H-pyrrole nitrogens is 1. The quantitative estimate of drug-likeness (QED) is 0.721. The highest BCUT2D eigenvalue weighted by atomic mass is 32.1. The molecule has 1 aliphatic carbocycles. The van der Waals surface area contributed by atoms with Gasteiger partial charge in [-0.15, -0.1) is 11.3 Å². The lowest BCUT2D eigenvalue weighted by Gasteiger charge is -2.36. The van der Waals surface area contributed by atoms with Crippen molar-refractivity contribution in [3.8, 4) is 0 Å². The van der Waals surface area contributed by atoms with Gasteiger partial charge in [0.25, 0.3) is 5.56 Å². The van der Waals surface area contributed by atoms with Gasteiger partial charge in [0.2, 0.25) is 5.91 Å². The number of allylic oxidation sites excluding steroid dienone is 2. The molecule has 1 amide bonds. The topological polar surface area (TPSA) is 69.3 Å². The van der Waals surface area contributed by atoms with E-state index in [9.17, 15) is 9.59 Å². The molecule has 4 heterocycles. The summed E-state index contributed by atoms with van der Waals surface area (Å²) < 4.78 is 0. The van der Waals surface area contributed by atoms with E-state index >= 15 is 0 Å². The van der Waals surface area contributed by atoms with Crippen molar-refractivity contribution in [3.63, 3.8) is 0 Å². The normalized spacial score (nSPS) is 23.8. The second-order valence-electron chi connectivity index (χ2n) is 8.98. The second kappa shape index (κ2) is 9.09. The van der Waals surface area contributed by atoms with Gasteiger partial charge in [-0.05, 0) is 55.9 Å². The highest BCUT2D eigenvalue weighted by Crippen LogP contribution is 2.32. The van der Waals surface area contributed by atoms with E-state index < -0.39 is 0 Å². The predicted molar refractivity (Wildman–Crippen MR) is 122 cm³/mol. The summed E-state index contributed by atoms with van der Waals surface area (Å²) in [7, 11) is 0. The molecule has 6 nitrogen and oxygen atoms in total. The summed E-state index contributed by atoms with van der Waals surface area (Å²) in [5.74, 6) is 1.23. The molecule has 2 aromatic heterocycles. The number of thiophene rings is 1. The summed E-state index contributed by atoms with van der Waals surface area (Å²) in [4.78, 5) is 39.7. The van der Waals surface area contributed by atoms with Gasteiger partial charge in [-0.1, -0.05) is 18.2 Å². The van der Waals surface area contributed by atoms with Crippen LogP contribution in [0.25, 0.3) is 0 Å². The molecule has 5 rings (SSSR count). The number of amides is 1. The Morgan fingerprint density at radius 2 is 2.19 bits per heavy atom. The van der Waals surface area contributed by atoms with Crippen LogP contribution in [0, 0.1) is 5.92 Å². The molecule has 0 unspecified atom stereocenters. The molecule has 2 aliphatic heterocycles. The Balaban J connectivity index is 1.36. The van der Waals surface area contributed by atoms with Crippen LogP contribution in [0.5, 0.6) is 0 Å². The number of aromatic amines is 1. The van der Waals surface area contributed by atoms with Crippen LogP contribution >= 0.6 is 11.3 Å². The Kier molecular flexibility index (Phi) is 6.05. The van der Waals surface area contributed by atoms with E-state index in [0.717, 1.165) is 69.4 Å². The van der Waals surface area contributed by atoms with Gasteiger partial charge in [-0.2, -0.15) is 0 Å². The third-order valence-corrected chi connectivity index (χ3v) is 7.68. The van der Waals surface area contributed by atoms with Crippen LogP contribution in [-0.2, 0) is 24.3 Å². The molecule has 0 bridgehead atoms. The highest BCUT2D eigenvalue weighted by molar-refractivity contribution is 7.09. The van der Waals surface area contributed by atoms with Crippen LogP contribution in [0.4, 0.5) is 0 Å². The number of fused-ring (bicyclic) bond motifs is 1. The average Bonchev–Trinajstić information content (AvgIpc) is 3.48. The van der Waals surface area contributed by atoms with Gasteiger partial charge in [0.05, 0.1) is 11.7 Å². The maximum absolute atomic E-state index is 13.1. The van der Waals surface area contributed by atoms with E-state index in [4.69, 9.17) is 4.98 Å². The van der Waals surface area contributed by atoms with Crippen LogP contribution in [0.1, 0.15) is 66.5 Å². The van der Waals surface area contributed by atoms with Crippen molar-refractivity contribution in [3.05, 3.63) is 62.0 Å². The molecular weight excluding hydrogens is 408 g/mol. The van der Waals surface area contributed by atoms with Crippen LogP contribution in [-0.4, -0.2) is 38.8 Å². The first kappa shape index (κ1) is 20.6. The van der Waals surface area contributed by atoms with Crippen molar-refractivity contribution in [1.82, 2.24) is 19.8 Å². The molecule has 164 valence electrons. The minimum absolute atomic E-state index is 0.0209. The van der Waals surface area contributed by atoms with Crippen LogP contribution < -0.4 is 5.56 Å². The zero-order valence-electron chi connectivity index (χ0n) is 17.9. The fourth-order valence-corrected chi connectivity index (χ4v) is 5.90. The highest BCUT2D eigenvalue weighted by Gasteiger charge is 2.32. The standard InChI is InChI=1S/C24H30N4O2S/c29-22(14-17-6-1-2-7-17)28-11-4-3-9-21(28)23-25-20-16-27(15-18-8-5-13-31-18)12-10-19(20)24(30)26-23/h1,5-6,8,13,17,21H,2-4,7,9-12,14-16H2,(H,25,26,30)/t17-,21-/m0/s1. The van der Waals surface area contributed by atoms with Crippen molar-refractivity contribution < 1.29 is 4.79 Å². The Morgan fingerprint density at radius 1 is 1.26 bits per heavy atom. The third-order valence-electron chi connectivity index (χ3n) is 6.82. The number of carbonyl (C=O) groups is 1. The van der Waals surface area contributed by atoms with E-state index in [-0.39, 0.29) is 17.5 Å². The summed E-state index contributed by atoms with van der Waals surface area (Å²) in [5.41, 5.74) is 1.68. The maximum atomic E-state index is 13.1. The Bertz CT molecular complexity index is 1010. The maximum Gasteiger partial charge on any atom is 0.254 e. The van der Waals surface area contributed by atoms with Crippen LogP contribution in [0.3, 0.4) is 0 Å². The number of likely N-dealkylation sites (tertiary alicyclic amines) is 1. The van der Waals surface area contributed by atoms with Gasteiger partial charge >= 0.3 is 0 Å². The lowest BCUT2D eigenvalue weighted by atomic mass is 9.97. The van der Waals surface area contributed by atoms with Crippen molar-refractivity contribution in [1.29, 1.82) is 0 Å². The van der Waals surface area contributed by atoms with Crippen LogP contribution in [0.15, 0.2) is 34.5 Å². The number of hydrogen-bond acceptors (Lipinski definition) is 5. The van der Waals surface area contributed by atoms with Crippen molar-refractivity contribution in [2.24, 2.45) is 5.92 Å². The molecule has 0 spiro atoms. The Morgan fingerprint density at radius 3 is 3.00 bits per heavy atom. The smallest absolute Gasteiger partial charge is 0.254 e. The molecule has 0 aromatic carbocycles. The molecule has 2 atom stereocenters. The minimum Gasteiger partial charge on any atom is -0.332 e. The fourth-order valence-electron chi connectivity index (χ4n) is 5.15. The van der Waals surface area contributed by atoms with Gasteiger partial charge < -0.3 is 9.88 Å². The second-order valence-corrected chi connectivity index (χ2v) is 10.0. The van der Waals surface area contributed by atoms with Gasteiger partial charge in [0.15, 0.2) is 0 Å². The third kappa shape index (κ3) is 4.53. The lowest BCUT2D eigenvalue weighted by Crippen LogP contribution is -2.41. The predicted octanol–water partition coefficient (Wildman–Crippen LogP) is 3.80. The fraction of sp³-hybridized carbons (Fsp3) is 0.542. The minimum atomic E-state index is -0.114. The zero-order valence-corrected chi connectivity index (χ0v) is 18.7. The molecule has 7 heteroatoms. The van der Waals surface area contributed by atoms with E-state index in [0.29, 0.717) is 24.7 Å². The SMILES string of the molecule is O=C(C[C@H]1C=CCC1)N1CCCC[C@H]1c1nc2c(c(=O)[nH]1)CCN(Cc1cccs1)C2. The Hall–Kier alpha value is -2.25. The monoisotopic (exact) mass is 438 g/mol. The first-order valence-corrected chi connectivity index (χ1v) is 12.4. The summed E-state index contributed by atoms with van der Waals surface area (Å²) in [6, 6.07) is 4.12. The van der Waals surface area contributed by atoms with E-state index in [1.165, 1.54) is 4.88 Å². The van der Waals surface area contributed by atoms with Crippen LogP contribution in [0.2, 0.25) is 0 Å².